The topological polar surface area (TPSA) is 28.2 Å². The molecule has 18 heavy (non-hydrogen) atoms. The second-order valence-electron chi connectivity index (χ2n) is 4.65. The SMILES string of the molecule is CCN(Cc1ncc(Br)cc1Br)C1CCCNC1. The highest BCUT2D eigenvalue weighted by atomic mass is 79.9. The van der Waals surface area contributed by atoms with Gasteiger partial charge < -0.3 is 5.32 Å². The summed E-state index contributed by atoms with van der Waals surface area (Å²) in [7, 11) is 0. The molecular weight excluding hydrogens is 358 g/mol. The maximum absolute atomic E-state index is 4.50. The highest BCUT2D eigenvalue weighted by molar-refractivity contribution is 9.11. The van der Waals surface area contributed by atoms with Crippen LogP contribution in [0.2, 0.25) is 0 Å². The number of aromatic nitrogens is 1. The van der Waals surface area contributed by atoms with Crippen molar-refractivity contribution in [2.75, 3.05) is 19.6 Å². The van der Waals surface area contributed by atoms with E-state index in [2.05, 4.69) is 60.1 Å². The van der Waals surface area contributed by atoms with Gasteiger partial charge >= 0.3 is 0 Å². The van der Waals surface area contributed by atoms with Gasteiger partial charge in [-0.15, -0.1) is 0 Å². The fraction of sp³-hybridized carbons (Fsp3) is 0.615. The van der Waals surface area contributed by atoms with Crippen molar-refractivity contribution in [3.8, 4) is 0 Å². The molecule has 2 heterocycles. The Balaban J connectivity index is 2.04. The average Bonchev–Trinajstić information content (AvgIpc) is 2.39. The summed E-state index contributed by atoms with van der Waals surface area (Å²) in [5.74, 6) is 0. The molecule has 1 saturated heterocycles. The molecule has 1 N–H and O–H groups in total. The van der Waals surface area contributed by atoms with Crippen LogP contribution in [-0.4, -0.2) is 35.6 Å². The number of halogens is 2. The van der Waals surface area contributed by atoms with Crippen LogP contribution in [0, 0.1) is 0 Å². The highest BCUT2D eigenvalue weighted by Gasteiger charge is 2.20. The first-order valence-corrected chi connectivity index (χ1v) is 8.04. The summed E-state index contributed by atoms with van der Waals surface area (Å²) in [6.07, 6.45) is 4.43. The molecule has 1 aromatic rings. The summed E-state index contributed by atoms with van der Waals surface area (Å²) in [6.45, 7) is 6.46. The third-order valence-electron chi connectivity index (χ3n) is 3.43. The molecule has 2 rings (SSSR count). The second kappa shape index (κ2) is 6.98. The van der Waals surface area contributed by atoms with Crippen molar-refractivity contribution in [2.45, 2.75) is 32.4 Å². The van der Waals surface area contributed by atoms with Crippen molar-refractivity contribution in [1.29, 1.82) is 0 Å². The van der Waals surface area contributed by atoms with Gasteiger partial charge in [0.05, 0.1) is 5.69 Å². The van der Waals surface area contributed by atoms with E-state index < -0.39 is 0 Å². The van der Waals surface area contributed by atoms with Gasteiger partial charge in [-0.25, -0.2) is 0 Å². The average molecular weight is 377 g/mol. The number of hydrogen-bond donors (Lipinski definition) is 1. The molecule has 0 amide bonds. The van der Waals surface area contributed by atoms with E-state index in [9.17, 15) is 0 Å². The smallest absolute Gasteiger partial charge is 0.0686 e. The molecule has 1 aliphatic heterocycles. The summed E-state index contributed by atoms with van der Waals surface area (Å²) < 4.78 is 2.10. The Bertz CT molecular complexity index is 392. The molecule has 0 bridgehead atoms. The zero-order chi connectivity index (χ0) is 13.0. The van der Waals surface area contributed by atoms with Crippen LogP contribution in [0.3, 0.4) is 0 Å². The van der Waals surface area contributed by atoms with Gasteiger partial charge in [-0.2, -0.15) is 0 Å². The molecule has 100 valence electrons. The van der Waals surface area contributed by atoms with Crippen LogP contribution in [0.15, 0.2) is 21.2 Å². The molecule has 0 aromatic carbocycles. The van der Waals surface area contributed by atoms with Gasteiger partial charge in [0.2, 0.25) is 0 Å². The standard InChI is InChI=1S/C13H19Br2N3/c1-2-18(11-4-3-5-16-8-11)9-13-12(15)6-10(14)7-17-13/h6-7,11,16H,2-5,8-9H2,1H3. The second-order valence-corrected chi connectivity index (χ2v) is 6.42. The van der Waals surface area contributed by atoms with Crippen LogP contribution in [0.4, 0.5) is 0 Å². The lowest BCUT2D eigenvalue weighted by Gasteiger charge is -2.33. The predicted molar refractivity (Wildman–Crippen MR) is 81.6 cm³/mol. The van der Waals surface area contributed by atoms with E-state index in [-0.39, 0.29) is 0 Å². The summed E-state index contributed by atoms with van der Waals surface area (Å²) in [4.78, 5) is 7.01. The minimum Gasteiger partial charge on any atom is -0.315 e. The quantitative estimate of drug-likeness (QED) is 0.874. The molecule has 1 aliphatic rings. The third-order valence-corrected chi connectivity index (χ3v) is 4.55. The van der Waals surface area contributed by atoms with Crippen LogP contribution in [0.5, 0.6) is 0 Å². The first-order valence-electron chi connectivity index (χ1n) is 6.45. The maximum Gasteiger partial charge on any atom is 0.0686 e. The minimum absolute atomic E-state index is 0.640. The fourth-order valence-electron chi connectivity index (χ4n) is 2.40. The van der Waals surface area contributed by atoms with Crippen LogP contribution in [0.25, 0.3) is 0 Å². The Morgan fingerprint density at radius 2 is 2.33 bits per heavy atom. The number of hydrogen-bond acceptors (Lipinski definition) is 3. The van der Waals surface area contributed by atoms with E-state index >= 15 is 0 Å². The summed E-state index contributed by atoms with van der Waals surface area (Å²) >= 11 is 7.03. The van der Waals surface area contributed by atoms with Gasteiger partial charge in [0.15, 0.2) is 0 Å². The molecular formula is C13H19Br2N3. The number of rotatable bonds is 4. The summed E-state index contributed by atoms with van der Waals surface area (Å²) in [5.41, 5.74) is 1.12. The van der Waals surface area contributed by atoms with Gasteiger partial charge in [-0.3, -0.25) is 9.88 Å². The van der Waals surface area contributed by atoms with Crippen molar-refractivity contribution in [1.82, 2.24) is 15.2 Å². The third kappa shape index (κ3) is 3.76. The predicted octanol–water partition coefficient (Wildman–Crippen LogP) is 3.18. The molecule has 5 heteroatoms. The number of likely N-dealkylation sites (N-methyl/N-ethyl adjacent to an activating group) is 1. The monoisotopic (exact) mass is 375 g/mol. The number of pyridine rings is 1. The number of nitrogens with one attached hydrogen (secondary N) is 1. The van der Waals surface area contributed by atoms with Gasteiger partial charge in [0.25, 0.3) is 0 Å². The van der Waals surface area contributed by atoms with Crippen molar-refractivity contribution >= 4 is 31.9 Å². The van der Waals surface area contributed by atoms with Gasteiger partial charge in [0, 0.05) is 34.3 Å². The van der Waals surface area contributed by atoms with Crippen molar-refractivity contribution in [3.05, 3.63) is 26.9 Å². The molecule has 1 aromatic heterocycles. The lowest BCUT2D eigenvalue weighted by atomic mass is 10.1. The number of nitrogens with zero attached hydrogens (tertiary/aromatic N) is 2. The first-order chi connectivity index (χ1) is 8.70. The van der Waals surface area contributed by atoms with Crippen molar-refractivity contribution in [3.63, 3.8) is 0 Å². The molecule has 0 radical (unpaired) electrons. The molecule has 1 unspecified atom stereocenters. The van der Waals surface area contributed by atoms with E-state index in [1.54, 1.807) is 0 Å². The van der Waals surface area contributed by atoms with Crippen LogP contribution < -0.4 is 5.32 Å². The van der Waals surface area contributed by atoms with E-state index in [4.69, 9.17) is 0 Å². The van der Waals surface area contributed by atoms with Crippen LogP contribution in [0.1, 0.15) is 25.5 Å². The Morgan fingerprint density at radius 1 is 1.50 bits per heavy atom. The van der Waals surface area contributed by atoms with E-state index in [0.717, 1.165) is 40.8 Å². The minimum atomic E-state index is 0.640. The van der Waals surface area contributed by atoms with Gasteiger partial charge in [-0.1, -0.05) is 6.92 Å². The van der Waals surface area contributed by atoms with Gasteiger partial charge in [0.1, 0.15) is 0 Å². The summed E-state index contributed by atoms with van der Waals surface area (Å²) in [5, 5.41) is 3.48. The van der Waals surface area contributed by atoms with Crippen LogP contribution >= 0.6 is 31.9 Å². The Morgan fingerprint density at radius 3 is 2.94 bits per heavy atom. The lowest BCUT2D eigenvalue weighted by Crippen LogP contribution is -2.45. The van der Waals surface area contributed by atoms with Gasteiger partial charge in [-0.05, 0) is 63.9 Å². The molecule has 0 aliphatic carbocycles. The molecule has 1 atom stereocenters. The Labute approximate surface area is 126 Å². The van der Waals surface area contributed by atoms with E-state index in [0.29, 0.717) is 6.04 Å². The zero-order valence-electron chi connectivity index (χ0n) is 10.6. The van der Waals surface area contributed by atoms with Crippen LogP contribution in [-0.2, 0) is 6.54 Å². The zero-order valence-corrected chi connectivity index (χ0v) is 13.8. The molecule has 0 saturated carbocycles. The molecule has 3 nitrogen and oxygen atoms in total. The number of piperidine rings is 1. The van der Waals surface area contributed by atoms with Crippen molar-refractivity contribution in [2.24, 2.45) is 0 Å². The largest absolute Gasteiger partial charge is 0.315 e. The Hall–Kier alpha value is 0.0300. The molecule has 1 fully saturated rings. The van der Waals surface area contributed by atoms with E-state index in [1.165, 1.54) is 12.8 Å². The first kappa shape index (κ1) is 14.4. The fourth-order valence-corrected chi connectivity index (χ4v) is 3.51. The highest BCUT2D eigenvalue weighted by Crippen LogP contribution is 2.22. The van der Waals surface area contributed by atoms with Crippen molar-refractivity contribution < 1.29 is 0 Å². The normalized spacial score (nSPS) is 20.3. The Kier molecular flexibility index (Phi) is 5.60. The van der Waals surface area contributed by atoms with E-state index in [1.807, 2.05) is 6.20 Å². The summed E-state index contributed by atoms with van der Waals surface area (Å²) in [6, 6.07) is 2.70. The maximum atomic E-state index is 4.50. The molecule has 0 spiro atoms. The lowest BCUT2D eigenvalue weighted by molar-refractivity contribution is 0.164.